The molecule has 0 radical (unpaired) electrons. The monoisotopic (exact) mass is 373 g/mol. The van der Waals surface area contributed by atoms with Crippen LogP contribution in [0.25, 0.3) is 0 Å². The van der Waals surface area contributed by atoms with E-state index in [4.69, 9.17) is 25.8 Å². The Morgan fingerprint density at radius 1 is 0.913 bits per heavy atom. The second kappa shape index (κ2) is 15.7. The van der Waals surface area contributed by atoms with Crippen LogP contribution in [-0.2, 0) is 13.6 Å². The third kappa shape index (κ3) is 13.2. The molecular weight excluding hydrogens is 339 g/mol. The summed E-state index contributed by atoms with van der Waals surface area (Å²) in [5, 5.41) is 7.92. The Balaban J connectivity index is 0. The van der Waals surface area contributed by atoms with Crippen LogP contribution in [0.2, 0.25) is 0 Å². The molecule has 3 atom stereocenters. The maximum absolute atomic E-state index is 11.8. The highest BCUT2D eigenvalue weighted by molar-refractivity contribution is 7.33. The summed E-state index contributed by atoms with van der Waals surface area (Å²) >= 11 is 5.21. The zero-order valence-corrected chi connectivity index (χ0v) is 17.3. The van der Waals surface area contributed by atoms with E-state index in [2.05, 4.69) is 37.5 Å². The highest BCUT2D eigenvalue weighted by atomic mass is 35.5. The molecule has 0 amide bonds. The predicted molar refractivity (Wildman–Crippen MR) is 96.9 cm³/mol. The summed E-state index contributed by atoms with van der Waals surface area (Å²) in [6.45, 7) is 17.3. The Morgan fingerprint density at radius 2 is 1.17 bits per heavy atom. The van der Waals surface area contributed by atoms with E-state index in [1.165, 1.54) is 0 Å². The average molecular weight is 374 g/mol. The number of nitrogens with zero attached hydrogens (tertiary/aromatic N) is 2. The van der Waals surface area contributed by atoms with Crippen LogP contribution in [0.4, 0.5) is 0 Å². The molecule has 0 heterocycles. The highest BCUT2D eigenvalue weighted by Crippen LogP contribution is 2.29. The minimum atomic E-state index is -2.08. The molecule has 0 saturated carbocycles. The quantitative estimate of drug-likeness (QED) is 0.339. The zero-order valence-electron chi connectivity index (χ0n) is 15.7. The fourth-order valence-electron chi connectivity index (χ4n) is 1.88. The van der Waals surface area contributed by atoms with E-state index in [0.29, 0.717) is 0 Å². The van der Waals surface area contributed by atoms with Crippen molar-refractivity contribution in [2.45, 2.75) is 66.3 Å². The number of rotatable bonds is 11. The largest absolute Gasteiger partial charge is 0.700 e. The van der Waals surface area contributed by atoms with Gasteiger partial charge in [-0.2, -0.15) is 0 Å². The van der Waals surface area contributed by atoms with Gasteiger partial charge in [0.05, 0.1) is 12.0 Å². The number of hydrogen-bond acceptors (Lipinski definition) is 6. The number of aliphatic hydroxyl groups excluding tert-OH is 1. The predicted octanol–water partition coefficient (Wildman–Crippen LogP) is 3.66. The molecule has 0 aromatic carbocycles. The molecule has 0 aliphatic heterocycles. The fourth-order valence-corrected chi connectivity index (χ4v) is 2.70. The van der Waals surface area contributed by atoms with E-state index >= 15 is 0 Å². The molecule has 0 fully saturated rings. The second-order valence-electron chi connectivity index (χ2n) is 5.04. The summed E-state index contributed by atoms with van der Waals surface area (Å²) in [6, 6.07) is 0. The molecule has 0 saturated heterocycles. The Morgan fingerprint density at radius 3 is 1.35 bits per heavy atom. The lowest BCUT2D eigenvalue weighted by molar-refractivity contribution is 0.00340. The molecule has 0 bridgehead atoms. The summed E-state index contributed by atoms with van der Waals surface area (Å²) in [4.78, 5) is 4.16. The summed E-state index contributed by atoms with van der Waals surface area (Å²) in [7, 11) is -2.08. The summed E-state index contributed by atoms with van der Waals surface area (Å²) in [5.41, 5.74) is 0. The summed E-state index contributed by atoms with van der Waals surface area (Å²) in [6.07, 6.45) is -0.375. The smallest absolute Gasteiger partial charge is 0.395 e. The van der Waals surface area contributed by atoms with Gasteiger partial charge in [0.2, 0.25) is 0 Å². The number of alkyl halides is 1. The van der Waals surface area contributed by atoms with E-state index in [1.54, 1.807) is 6.92 Å². The third-order valence-corrected chi connectivity index (χ3v) is 4.47. The van der Waals surface area contributed by atoms with Crippen molar-refractivity contribution in [2.24, 2.45) is 0 Å². The first-order valence-electron chi connectivity index (χ1n) is 8.30. The van der Waals surface area contributed by atoms with Gasteiger partial charge >= 0.3 is 8.25 Å². The van der Waals surface area contributed by atoms with Crippen molar-refractivity contribution in [3.05, 3.63) is 0 Å². The second-order valence-corrected chi connectivity index (χ2v) is 6.65. The van der Waals surface area contributed by atoms with E-state index < -0.39 is 8.25 Å². The van der Waals surface area contributed by atoms with Gasteiger partial charge in [0.15, 0.2) is 12.5 Å². The van der Waals surface area contributed by atoms with E-state index in [1.807, 2.05) is 13.8 Å². The fraction of sp³-hybridized carbons (Fsp3) is 1.00. The van der Waals surface area contributed by atoms with Gasteiger partial charge in [-0.1, -0.05) is 27.7 Å². The van der Waals surface area contributed by atoms with Crippen molar-refractivity contribution in [1.29, 1.82) is 0 Å². The lowest BCUT2D eigenvalue weighted by atomic mass is 10.5. The number of aliphatic hydroxyl groups is 1. The van der Waals surface area contributed by atoms with E-state index in [-0.39, 0.29) is 24.4 Å². The van der Waals surface area contributed by atoms with Gasteiger partial charge in [0.25, 0.3) is 0 Å². The van der Waals surface area contributed by atoms with Crippen molar-refractivity contribution in [3.63, 3.8) is 0 Å². The van der Waals surface area contributed by atoms with Gasteiger partial charge < -0.3 is 5.11 Å². The van der Waals surface area contributed by atoms with E-state index in [0.717, 1.165) is 26.2 Å². The van der Waals surface area contributed by atoms with Crippen molar-refractivity contribution in [2.75, 3.05) is 32.8 Å². The molecule has 0 spiro atoms. The Labute approximate surface area is 148 Å². The number of halogens is 1. The Bertz CT molecular complexity index is 269. The van der Waals surface area contributed by atoms with Crippen molar-refractivity contribution in [3.8, 4) is 0 Å². The Kier molecular flexibility index (Phi) is 17.4. The highest BCUT2D eigenvalue weighted by Gasteiger charge is 2.31. The van der Waals surface area contributed by atoms with Gasteiger partial charge in [-0.05, 0) is 47.0 Å². The lowest BCUT2D eigenvalue weighted by Gasteiger charge is -2.23. The standard InChI is InChI=1S/C12H28N2O3P.C3H7ClO/c1-7-13(8-2)11(5)16-18(15)17-12(6)14(9-3)10-4;1-3(4)2-5/h11-12H,7-10H2,1-6H3;3,5H,2H2,1H3/q+1;. The molecule has 6 nitrogen and oxygen atoms in total. The van der Waals surface area contributed by atoms with Crippen LogP contribution in [0.3, 0.4) is 0 Å². The van der Waals surface area contributed by atoms with Crippen molar-refractivity contribution in [1.82, 2.24) is 9.80 Å². The van der Waals surface area contributed by atoms with Crippen LogP contribution in [0.15, 0.2) is 0 Å². The SMILES string of the molecule is CC(Cl)CO.CCN(CC)C(C)O[P+](=O)OC(C)N(CC)CC. The van der Waals surface area contributed by atoms with Gasteiger partial charge in [-0.3, -0.25) is 9.80 Å². The van der Waals surface area contributed by atoms with Gasteiger partial charge in [-0.25, -0.2) is 0 Å². The maximum Gasteiger partial charge on any atom is 0.700 e. The minimum Gasteiger partial charge on any atom is -0.395 e. The molecule has 140 valence electrons. The molecule has 0 aliphatic rings. The minimum absolute atomic E-state index is 0.0710. The first kappa shape index (κ1) is 25.4. The maximum atomic E-state index is 11.8. The molecule has 23 heavy (non-hydrogen) atoms. The van der Waals surface area contributed by atoms with Crippen LogP contribution >= 0.6 is 19.9 Å². The summed E-state index contributed by atoms with van der Waals surface area (Å²) in [5.74, 6) is 0. The molecular formula is C15H35ClN2O4P+. The van der Waals surface area contributed by atoms with Gasteiger partial charge in [0, 0.05) is 4.57 Å². The molecule has 0 aromatic rings. The van der Waals surface area contributed by atoms with Crippen LogP contribution in [0, 0.1) is 0 Å². The number of hydrogen-bond donors (Lipinski definition) is 1. The van der Waals surface area contributed by atoms with E-state index in [9.17, 15) is 4.57 Å². The van der Waals surface area contributed by atoms with Crippen molar-refractivity contribution < 1.29 is 18.7 Å². The molecule has 0 rings (SSSR count). The molecule has 0 aromatic heterocycles. The third-order valence-electron chi connectivity index (χ3n) is 3.38. The Hall–Kier alpha value is 0.190. The first-order chi connectivity index (χ1) is 10.8. The molecule has 3 unspecified atom stereocenters. The van der Waals surface area contributed by atoms with Crippen LogP contribution in [-0.4, -0.2) is 65.5 Å². The summed E-state index contributed by atoms with van der Waals surface area (Å²) < 4.78 is 22.6. The molecule has 0 aliphatic carbocycles. The van der Waals surface area contributed by atoms with Crippen molar-refractivity contribution >= 4 is 19.9 Å². The van der Waals surface area contributed by atoms with Crippen LogP contribution < -0.4 is 0 Å². The first-order valence-corrected chi connectivity index (χ1v) is 9.84. The van der Waals surface area contributed by atoms with Gasteiger partial charge in [0.1, 0.15) is 0 Å². The van der Waals surface area contributed by atoms with Crippen LogP contribution in [0.1, 0.15) is 48.5 Å². The average Bonchev–Trinajstić information content (AvgIpc) is 2.49. The molecule has 8 heteroatoms. The van der Waals surface area contributed by atoms with Gasteiger partial charge in [-0.15, -0.1) is 20.6 Å². The lowest BCUT2D eigenvalue weighted by Crippen LogP contribution is -2.35. The topological polar surface area (TPSA) is 62.2 Å². The zero-order chi connectivity index (χ0) is 18.4. The van der Waals surface area contributed by atoms with Crippen LogP contribution in [0.5, 0.6) is 0 Å². The molecule has 1 N–H and O–H groups in total. The normalized spacial score (nSPS) is 15.9.